The van der Waals surface area contributed by atoms with Crippen molar-refractivity contribution in [3.63, 3.8) is 0 Å². The highest BCUT2D eigenvalue weighted by Gasteiger charge is 2.16. The summed E-state index contributed by atoms with van der Waals surface area (Å²) in [5, 5.41) is 9.23. The molecule has 0 aliphatic rings. The van der Waals surface area contributed by atoms with Crippen LogP contribution >= 0.6 is 15.9 Å². The number of benzene rings is 1. The summed E-state index contributed by atoms with van der Waals surface area (Å²) in [4.78, 5) is 4.73. The molecule has 0 aliphatic carbocycles. The summed E-state index contributed by atoms with van der Waals surface area (Å²) in [6.07, 6.45) is 2.22. The molecule has 24 heavy (non-hydrogen) atoms. The first-order valence-corrected chi connectivity index (χ1v) is 8.14. The van der Waals surface area contributed by atoms with Crippen molar-refractivity contribution < 1.29 is 9.47 Å². The predicted molar refractivity (Wildman–Crippen MR) is 95.5 cm³/mol. The number of aromatic nitrogens is 2. The summed E-state index contributed by atoms with van der Waals surface area (Å²) in [5.74, 6) is 1.29. The molecule has 0 saturated carbocycles. The Hall–Kier alpha value is -2.52. The van der Waals surface area contributed by atoms with Crippen molar-refractivity contribution in [1.82, 2.24) is 9.38 Å². The number of methoxy groups -OCH3 is 2. The van der Waals surface area contributed by atoms with Crippen LogP contribution in [-0.2, 0) is 6.42 Å². The number of halogens is 1. The van der Waals surface area contributed by atoms with Crippen LogP contribution in [0.1, 0.15) is 11.3 Å². The van der Waals surface area contributed by atoms with E-state index in [-0.39, 0.29) is 6.42 Å². The molecule has 0 spiro atoms. The van der Waals surface area contributed by atoms with Crippen LogP contribution in [0.3, 0.4) is 0 Å². The number of fused-ring (bicyclic) bond motifs is 1. The molecule has 0 amide bonds. The Balaban J connectivity index is 2.25. The third-order valence-corrected chi connectivity index (χ3v) is 4.74. The SMILES string of the molecule is COc1ccc(-c2nc3cc(C)c(Br)cn3c2CC#N)cc1OC. The lowest BCUT2D eigenvalue weighted by Gasteiger charge is -2.09. The molecule has 0 fully saturated rings. The minimum atomic E-state index is 0.264. The molecule has 1 aromatic carbocycles. The van der Waals surface area contributed by atoms with Gasteiger partial charge in [0.2, 0.25) is 0 Å². The van der Waals surface area contributed by atoms with Gasteiger partial charge >= 0.3 is 0 Å². The quantitative estimate of drug-likeness (QED) is 0.676. The van der Waals surface area contributed by atoms with Crippen molar-refractivity contribution in [1.29, 1.82) is 5.26 Å². The first-order valence-electron chi connectivity index (χ1n) is 7.35. The molecule has 3 aromatic rings. The number of ether oxygens (including phenoxy) is 2. The van der Waals surface area contributed by atoms with Crippen molar-refractivity contribution in [2.75, 3.05) is 14.2 Å². The smallest absolute Gasteiger partial charge is 0.161 e. The van der Waals surface area contributed by atoms with E-state index < -0.39 is 0 Å². The highest BCUT2D eigenvalue weighted by molar-refractivity contribution is 9.10. The number of pyridine rings is 1. The largest absolute Gasteiger partial charge is 0.493 e. The van der Waals surface area contributed by atoms with Crippen molar-refractivity contribution >= 4 is 21.6 Å². The van der Waals surface area contributed by atoms with Gasteiger partial charge in [0.05, 0.1) is 38.1 Å². The standard InChI is InChI=1S/C18H16BrN3O2/c1-11-8-17-21-18(14(6-7-20)22(17)10-13(11)19)12-4-5-15(23-2)16(9-12)24-3/h4-5,8-10H,6H2,1-3H3. The molecule has 0 bridgehead atoms. The van der Waals surface area contributed by atoms with Gasteiger partial charge in [-0.2, -0.15) is 5.26 Å². The fraction of sp³-hybridized carbons (Fsp3) is 0.222. The molecule has 0 N–H and O–H groups in total. The number of imidazole rings is 1. The highest BCUT2D eigenvalue weighted by Crippen LogP contribution is 2.34. The zero-order valence-electron chi connectivity index (χ0n) is 13.6. The van der Waals surface area contributed by atoms with Gasteiger partial charge in [-0.1, -0.05) is 0 Å². The Morgan fingerprint density at radius 3 is 2.62 bits per heavy atom. The Morgan fingerprint density at radius 2 is 1.96 bits per heavy atom. The number of aryl methyl sites for hydroxylation is 1. The lowest BCUT2D eigenvalue weighted by atomic mass is 10.1. The number of rotatable bonds is 4. The molecule has 0 radical (unpaired) electrons. The summed E-state index contributed by atoms with van der Waals surface area (Å²) in [5.41, 5.74) is 4.41. The van der Waals surface area contributed by atoms with Crippen LogP contribution < -0.4 is 9.47 Å². The summed E-state index contributed by atoms with van der Waals surface area (Å²) in [7, 11) is 3.20. The van der Waals surface area contributed by atoms with Crippen molar-refractivity contribution in [2.24, 2.45) is 0 Å². The van der Waals surface area contributed by atoms with Gasteiger partial charge in [-0.15, -0.1) is 0 Å². The van der Waals surface area contributed by atoms with E-state index in [9.17, 15) is 5.26 Å². The van der Waals surface area contributed by atoms with Crippen LogP contribution in [0.4, 0.5) is 0 Å². The molecule has 0 aliphatic heterocycles. The van der Waals surface area contributed by atoms with E-state index in [1.54, 1.807) is 14.2 Å². The Morgan fingerprint density at radius 1 is 1.21 bits per heavy atom. The lowest BCUT2D eigenvalue weighted by Crippen LogP contribution is -1.95. The zero-order chi connectivity index (χ0) is 17.3. The van der Waals surface area contributed by atoms with E-state index >= 15 is 0 Å². The van der Waals surface area contributed by atoms with Crippen molar-refractivity contribution in [2.45, 2.75) is 13.3 Å². The molecule has 5 nitrogen and oxygen atoms in total. The molecular formula is C18H16BrN3O2. The van der Waals surface area contributed by atoms with Crippen LogP contribution in [0.25, 0.3) is 16.9 Å². The summed E-state index contributed by atoms with van der Waals surface area (Å²) < 4.78 is 13.6. The van der Waals surface area contributed by atoms with E-state index in [2.05, 4.69) is 22.0 Å². The molecular weight excluding hydrogens is 370 g/mol. The lowest BCUT2D eigenvalue weighted by molar-refractivity contribution is 0.355. The van der Waals surface area contributed by atoms with Crippen molar-refractivity contribution in [3.8, 4) is 28.8 Å². The minimum Gasteiger partial charge on any atom is -0.493 e. The van der Waals surface area contributed by atoms with Gasteiger partial charge < -0.3 is 13.9 Å². The van der Waals surface area contributed by atoms with Gasteiger partial charge in [-0.3, -0.25) is 0 Å². The Kier molecular flexibility index (Phi) is 4.45. The second-order valence-corrected chi connectivity index (χ2v) is 6.20. The third kappa shape index (κ3) is 2.72. The highest BCUT2D eigenvalue weighted by atomic mass is 79.9. The topological polar surface area (TPSA) is 59.5 Å². The van der Waals surface area contributed by atoms with Gasteiger partial charge in [0.25, 0.3) is 0 Å². The Labute approximate surface area is 148 Å². The zero-order valence-corrected chi connectivity index (χ0v) is 15.2. The fourth-order valence-electron chi connectivity index (χ4n) is 2.67. The molecule has 0 atom stereocenters. The average Bonchev–Trinajstić information content (AvgIpc) is 2.92. The van der Waals surface area contributed by atoms with Gasteiger partial charge in [0.15, 0.2) is 11.5 Å². The molecule has 2 aromatic heterocycles. The predicted octanol–water partition coefficient (Wildman–Crippen LogP) is 4.16. The van der Waals surface area contributed by atoms with E-state index in [0.29, 0.717) is 11.5 Å². The molecule has 2 heterocycles. The first kappa shape index (κ1) is 16.3. The monoisotopic (exact) mass is 385 g/mol. The van der Waals surface area contributed by atoms with Crippen molar-refractivity contribution in [3.05, 3.63) is 46.2 Å². The van der Waals surface area contributed by atoms with E-state index in [1.165, 1.54) is 0 Å². The van der Waals surface area contributed by atoms with E-state index in [1.807, 2.05) is 41.8 Å². The molecule has 0 unspecified atom stereocenters. The average molecular weight is 386 g/mol. The summed E-state index contributed by atoms with van der Waals surface area (Å²) in [6.45, 7) is 2.01. The summed E-state index contributed by atoms with van der Waals surface area (Å²) >= 11 is 3.54. The Bertz CT molecular complexity index is 957. The number of hydrogen-bond donors (Lipinski definition) is 0. The van der Waals surface area contributed by atoms with Crippen LogP contribution in [0.15, 0.2) is 34.9 Å². The van der Waals surface area contributed by atoms with Gasteiger partial charge in [0, 0.05) is 16.2 Å². The maximum Gasteiger partial charge on any atom is 0.161 e. The summed E-state index contributed by atoms with van der Waals surface area (Å²) in [6, 6.07) is 9.86. The minimum absolute atomic E-state index is 0.264. The van der Waals surface area contributed by atoms with Crippen LogP contribution in [0.2, 0.25) is 0 Å². The van der Waals surface area contributed by atoms with E-state index in [0.717, 1.165) is 32.6 Å². The number of nitrogens with zero attached hydrogens (tertiary/aromatic N) is 3. The molecule has 6 heteroatoms. The van der Waals surface area contributed by atoms with Gasteiger partial charge in [0.1, 0.15) is 5.65 Å². The van der Waals surface area contributed by atoms with Gasteiger partial charge in [-0.25, -0.2) is 4.98 Å². The molecule has 122 valence electrons. The molecule has 0 saturated heterocycles. The van der Waals surface area contributed by atoms with Crippen LogP contribution in [0.5, 0.6) is 11.5 Å². The number of nitriles is 1. The maximum atomic E-state index is 9.23. The van der Waals surface area contributed by atoms with Gasteiger partial charge in [-0.05, 0) is 52.7 Å². The maximum absolute atomic E-state index is 9.23. The number of hydrogen-bond acceptors (Lipinski definition) is 4. The first-order chi connectivity index (χ1) is 11.6. The van der Waals surface area contributed by atoms with Crippen LogP contribution in [-0.4, -0.2) is 23.6 Å². The third-order valence-electron chi connectivity index (χ3n) is 3.91. The van der Waals surface area contributed by atoms with E-state index in [4.69, 9.17) is 14.5 Å². The molecule has 3 rings (SSSR count). The second kappa shape index (κ2) is 6.54. The van der Waals surface area contributed by atoms with Crippen LogP contribution in [0, 0.1) is 18.3 Å². The normalized spacial score (nSPS) is 10.6. The second-order valence-electron chi connectivity index (χ2n) is 5.34. The fourth-order valence-corrected chi connectivity index (χ4v) is 2.99.